The largest absolute Gasteiger partial charge is 0.462 e. The molecule has 1 aromatic heterocycles. The third-order valence-corrected chi connectivity index (χ3v) is 4.07. The van der Waals surface area contributed by atoms with E-state index in [-0.39, 0.29) is 12.6 Å². The molecule has 7 heteroatoms. The molecule has 0 bridgehead atoms. The number of ether oxygens (including phenoxy) is 1. The van der Waals surface area contributed by atoms with Gasteiger partial charge in [0, 0.05) is 18.0 Å². The average molecular weight is 347 g/mol. The van der Waals surface area contributed by atoms with Gasteiger partial charge in [-0.3, -0.25) is 4.79 Å². The molecule has 0 fully saturated rings. The van der Waals surface area contributed by atoms with Crippen LogP contribution in [0.5, 0.6) is 0 Å². The number of hydrogen-bond acceptors (Lipinski definition) is 6. The monoisotopic (exact) mass is 347 g/mol. The van der Waals surface area contributed by atoms with Crippen molar-refractivity contribution in [1.82, 2.24) is 15.5 Å². The van der Waals surface area contributed by atoms with Crippen LogP contribution in [0.1, 0.15) is 54.1 Å². The Morgan fingerprint density at radius 2 is 2.08 bits per heavy atom. The maximum absolute atomic E-state index is 12.3. The third-order valence-electron chi connectivity index (χ3n) is 4.07. The molecule has 2 rings (SSSR count). The number of rotatable bonds is 6. The number of aromatic amines is 1. The van der Waals surface area contributed by atoms with Gasteiger partial charge in [-0.15, -0.1) is 0 Å². The van der Waals surface area contributed by atoms with Crippen LogP contribution in [0.4, 0.5) is 0 Å². The number of aliphatic hydroxyl groups is 1. The molecule has 0 aliphatic rings. The lowest BCUT2D eigenvalue weighted by atomic mass is 9.94. The van der Waals surface area contributed by atoms with E-state index in [1.807, 2.05) is 13.8 Å². The molecule has 0 spiro atoms. The first-order valence-electron chi connectivity index (χ1n) is 8.38. The number of aryl methyl sites for hydroxylation is 2. The van der Waals surface area contributed by atoms with Crippen LogP contribution in [0.15, 0.2) is 10.9 Å². The summed E-state index contributed by atoms with van der Waals surface area (Å²) in [6.45, 7) is 9.74. The van der Waals surface area contributed by atoms with Crippen LogP contribution < -0.4 is 10.9 Å². The number of aromatic nitrogens is 2. The van der Waals surface area contributed by atoms with Gasteiger partial charge in [0.15, 0.2) is 0 Å². The number of fused-ring (bicyclic) bond motifs is 1. The Labute approximate surface area is 146 Å². The summed E-state index contributed by atoms with van der Waals surface area (Å²) in [5, 5.41) is 21.0. The molecule has 0 radical (unpaired) electrons. The summed E-state index contributed by atoms with van der Waals surface area (Å²) >= 11 is 0. The van der Waals surface area contributed by atoms with Crippen LogP contribution in [-0.2, 0) is 4.74 Å². The van der Waals surface area contributed by atoms with E-state index in [1.54, 1.807) is 26.8 Å². The molecule has 0 saturated carbocycles. The lowest BCUT2D eigenvalue weighted by Gasteiger charge is -2.17. The van der Waals surface area contributed by atoms with E-state index in [0.717, 1.165) is 0 Å². The van der Waals surface area contributed by atoms with E-state index in [1.165, 1.54) is 0 Å². The maximum Gasteiger partial charge on any atom is 0.338 e. The second-order valence-corrected chi connectivity index (χ2v) is 6.35. The highest BCUT2D eigenvalue weighted by atomic mass is 16.5. The van der Waals surface area contributed by atoms with Gasteiger partial charge in [0.2, 0.25) is 0 Å². The van der Waals surface area contributed by atoms with Gasteiger partial charge in [0.05, 0.1) is 23.3 Å². The molecule has 1 heterocycles. The molecule has 2 aromatic rings. The fourth-order valence-corrected chi connectivity index (χ4v) is 2.92. The highest BCUT2D eigenvalue weighted by molar-refractivity contribution is 6.00. The van der Waals surface area contributed by atoms with Crippen LogP contribution in [0.2, 0.25) is 0 Å². The van der Waals surface area contributed by atoms with E-state index in [2.05, 4.69) is 15.5 Å². The maximum atomic E-state index is 12.3. The summed E-state index contributed by atoms with van der Waals surface area (Å²) in [5.74, 6) is -0.459. The molecule has 0 aliphatic heterocycles. The predicted molar refractivity (Wildman–Crippen MR) is 95.9 cm³/mol. The Morgan fingerprint density at radius 3 is 2.68 bits per heavy atom. The standard InChI is InChI=1S/C18H25N3O4/c1-6-25-18(24)14-10(4)7-12-15(11(14)5)17(23)21-20-16(12)13(22)8-19-9(2)3/h7,9,13,19,22H,6,8H2,1-5H3,(H,21,23). The first-order chi connectivity index (χ1) is 11.8. The number of benzene rings is 1. The van der Waals surface area contributed by atoms with Crippen molar-refractivity contribution in [2.45, 2.75) is 46.8 Å². The second-order valence-electron chi connectivity index (χ2n) is 6.35. The van der Waals surface area contributed by atoms with Gasteiger partial charge >= 0.3 is 5.97 Å². The van der Waals surface area contributed by atoms with Gasteiger partial charge < -0.3 is 15.2 Å². The number of carbonyl (C=O) groups is 1. The summed E-state index contributed by atoms with van der Waals surface area (Å²) in [5.41, 5.74) is 1.57. The molecule has 136 valence electrons. The van der Waals surface area contributed by atoms with Crippen LogP contribution >= 0.6 is 0 Å². The molecular formula is C18H25N3O4. The van der Waals surface area contributed by atoms with Crippen molar-refractivity contribution in [3.63, 3.8) is 0 Å². The number of nitrogens with zero attached hydrogens (tertiary/aromatic N) is 1. The van der Waals surface area contributed by atoms with E-state index >= 15 is 0 Å². The average Bonchev–Trinajstić information content (AvgIpc) is 2.52. The van der Waals surface area contributed by atoms with Gasteiger partial charge in [0.25, 0.3) is 5.56 Å². The van der Waals surface area contributed by atoms with Crippen molar-refractivity contribution >= 4 is 16.7 Å². The number of carbonyl (C=O) groups excluding carboxylic acids is 1. The molecule has 7 nitrogen and oxygen atoms in total. The minimum absolute atomic E-state index is 0.211. The molecule has 0 aliphatic carbocycles. The van der Waals surface area contributed by atoms with Crippen molar-refractivity contribution in [2.24, 2.45) is 0 Å². The fraction of sp³-hybridized carbons (Fsp3) is 0.500. The lowest BCUT2D eigenvalue weighted by molar-refractivity contribution is 0.0525. The number of nitrogens with one attached hydrogen (secondary N) is 2. The number of H-pyrrole nitrogens is 1. The molecule has 1 atom stereocenters. The summed E-state index contributed by atoms with van der Waals surface area (Å²) in [4.78, 5) is 24.5. The molecule has 1 aromatic carbocycles. The van der Waals surface area contributed by atoms with E-state index < -0.39 is 17.6 Å². The van der Waals surface area contributed by atoms with Gasteiger partial charge in [-0.05, 0) is 38.0 Å². The SMILES string of the molecule is CCOC(=O)c1c(C)cc2c(C(O)CNC(C)C)n[nH]c(=O)c2c1C. The van der Waals surface area contributed by atoms with Gasteiger partial charge in [-0.1, -0.05) is 13.8 Å². The minimum Gasteiger partial charge on any atom is -0.462 e. The zero-order valence-corrected chi connectivity index (χ0v) is 15.3. The molecule has 3 N–H and O–H groups in total. The van der Waals surface area contributed by atoms with Gasteiger partial charge in [-0.25, -0.2) is 9.89 Å². The number of hydrogen-bond donors (Lipinski definition) is 3. The Bertz CT molecular complexity index is 842. The quantitative estimate of drug-likeness (QED) is 0.688. The van der Waals surface area contributed by atoms with Crippen molar-refractivity contribution in [1.29, 1.82) is 0 Å². The van der Waals surface area contributed by atoms with Gasteiger partial charge in [-0.2, -0.15) is 5.10 Å². The molecule has 1 unspecified atom stereocenters. The predicted octanol–water partition coefficient (Wildman–Crippen LogP) is 1.75. The Morgan fingerprint density at radius 1 is 1.40 bits per heavy atom. The Balaban J connectivity index is 2.64. The highest BCUT2D eigenvalue weighted by Gasteiger charge is 2.22. The zero-order chi connectivity index (χ0) is 18.7. The molecular weight excluding hydrogens is 322 g/mol. The topological polar surface area (TPSA) is 104 Å². The zero-order valence-electron chi connectivity index (χ0n) is 15.3. The van der Waals surface area contributed by atoms with Crippen LogP contribution in [0.25, 0.3) is 10.8 Å². The third kappa shape index (κ3) is 3.88. The Kier molecular flexibility index (Phi) is 5.92. The summed E-state index contributed by atoms with van der Waals surface area (Å²) in [6, 6.07) is 1.92. The summed E-state index contributed by atoms with van der Waals surface area (Å²) < 4.78 is 5.09. The molecule has 0 saturated heterocycles. The van der Waals surface area contributed by atoms with Crippen molar-refractivity contribution in [2.75, 3.05) is 13.2 Å². The molecule has 25 heavy (non-hydrogen) atoms. The normalized spacial score (nSPS) is 12.6. The van der Waals surface area contributed by atoms with Gasteiger partial charge in [0.1, 0.15) is 6.10 Å². The first-order valence-corrected chi connectivity index (χ1v) is 8.38. The van der Waals surface area contributed by atoms with E-state index in [4.69, 9.17) is 4.74 Å². The Hall–Kier alpha value is -2.25. The second kappa shape index (κ2) is 7.76. The number of esters is 1. The smallest absolute Gasteiger partial charge is 0.338 e. The lowest BCUT2D eigenvalue weighted by Crippen LogP contribution is -2.29. The van der Waals surface area contributed by atoms with Crippen LogP contribution in [0, 0.1) is 13.8 Å². The summed E-state index contributed by atoms with van der Waals surface area (Å²) in [6.07, 6.45) is -0.881. The van der Waals surface area contributed by atoms with Crippen molar-refractivity contribution in [3.05, 3.63) is 38.8 Å². The fourth-order valence-electron chi connectivity index (χ4n) is 2.92. The number of aliphatic hydroxyl groups excluding tert-OH is 1. The summed E-state index contributed by atoms with van der Waals surface area (Å²) in [7, 11) is 0. The minimum atomic E-state index is -0.881. The van der Waals surface area contributed by atoms with Crippen LogP contribution in [-0.4, -0.2) is 40.5 Å². The van der Waals surface area contributed by atoms with E-state index in [9.17, 15) is 14.7 Å². The van der Waals surface area contributed by atoms with Crippen molar-refractivity contribution < 1.29 is 14.6 Å². The van der Waals surface area contributed by atoms with Crippen molar-refractivity contribution in [3.8, 4) is 0 Å². The van der Waals surface area contributed by atoms with E-state index in [0.29, 0.717) is 39.7 Å². The first kappa shape index (κ1) is 19.1. The molecule has 0 amide bonds. The highest BCUT2D eigenvalue weighted by Crippen LogP contribution is 2.27. The van der Waals surface area contributed by atoms with Crippen LogP contribution in [0.3, 0.4) is 0 Å².